The van der Waals surface area contributed by atoms with Crippen molar-refractivity contribution in [1.82, 2.24) is 5.32 Å². The Morgan fingerprint density at radius 1 is 1.29 bits per heavy atom. The highest BCUT2D eigenvalue weighted by molar-refractivity contribution is 7.52. The van der Waals surface area contributed by atoms with E-state index >= 15 is 0 Å². The molecule has 2 unspecified atom stereocenters. The molecule has 4 N–H and O–H groups in total. The number of alkyl carbamates (subject to hydrolysis) is 1. The molecule has 0 heterocycles. The number of nitrogens with one attached hydrogen (secondary N) is 1. The SMILES string of the molecule is CC(C)CC(OP(=O)(O)CNC(=O)OCc1ccccc1)C(N)=O. The fraction of sp³-hybridized carbons (Fsp3) is 0.467. The lowest BCUT2D eigenvalue weighted by Crippen LogP contribution is -2.33. The topological polar surface area (TPSA) is 128 Å². The number of carbonyl (C=O) groups is 2. The molecule has 0 saturated heterocycles. The van der Waals surface area contributed by atoms with Crippen LogP contribution in [-0.4, -0.2) is 29.3 Å². The number of primary amides is 1. The van der Waals surface area contributed by atoms with Crippen LogP contribution in [0.25, 0.3) is 0 Å². The van der Waals surface area contributed by atoms with E-state index in [1.54, 1.807) is 24.3 Å². The summed E-state index contributed by atoms with van der Waals surface area (Å²) in [7, 11) is -4.22. The number of amides is 2. The Labute approximate surface area is 140 Å². The van der Waals surface area contributed by atoms with Crippen molar-refractivity contribution < 1.29 is 28.3 Å². The third-order valence-corrected chi connectivity index (χ3v) is 4.07. The molecule has 0 aliphatic heterocycles. The fourth-order valence-corrected chi connectivity index (χ4v) is 2.81. The van der Waals surface area contributed by atoms with Crippen LogP contribution in [0.5, 0.6) is 0 Å². The van der Waals surface area contributed by atoms with Crippen molar-refractivity contribution in [2.45, 2.75) is 33.0 Å². The molecule has 0 aromatic heterocycles. The molecule has 0 radical (unpaired) electrons. The summed E-state index contributed by atoms with van der Waals surface area (Å²) in [6.45, 7) is 3.67. The highest BCUT2D eigenvalue weighted by Crippen LogP contribution is 2.42. The summed E-state index contributed by atoms with van der Waals surface area (Å²) in [5, 5.41) is 2.14. The van der Waals surface area contributed by atoms with Gasteiger partial charge < -0.3 is 20.7 Å². The van der Waals surface area contributed by atoms with E-state index in [1.165, 1.54) is 0 Å². The Balaban J connectivity index is 2.44. The summed E-state index contributed by atoms with van der Waals surface area (Å²) in [6.07, 6.45) is -2.53. The van der Waals surface area contributed by atoms with E-state index < -0.39 is 32.0 Å². The van der Waals surface area contributed by atoms with Gasteiger partial charge in [0.1, 0.15) is 19.0 Å². The second kappa shape index (κ2) is 9.42. The Kier molecular flexibility index (Phi) is 7.91. The molecule has 2 atom stereocenters. The number of carbonyl (C=O) groups excluding carboxylic acids is 2. The van der Waals surface area contributed by atoms with E-state index in [9.17, 15) is 19.0 Å². The molecule has 134 valence electrons. The van der Waals surface area contributed by atoms with Gasteiger partial charge in [0.15, 0.2) is 0 Å². The third-order valence-electron chi connectivity index (χ3n) is 2.93. The first-order chi connectivity index (χ1) is 11.2. The maximum Gasteiger partial charge on any atom is 0.408 e. The molecule has 0 fully saturated rings. The smallest absolute Gasteiger partial charge is 0.408 e. The first kappa shape index (κ1) is 20.2. The lowest BCUT2D eigenvalue weighted by atomic mass is 10.1. The van der Waals surface area contributed by atoms with Crippen molar-refractivity contribution >= 4 is 19.6 Å². The van der Waals surface area contributed by atoms with Crippen LogP contribution in [0.15, 0.2) is 30.3 Å². The van der Waals surface area contributed by atoms with Crippen LogP contribution >= 0.6 is 7.60 Å². The second-order valence-electron chi connectivity index (χ2n) is 5.66. The van der Waals surface area contributed by atoms with Crippen LogP contribution in [-0.2, 0) is 25.2 Å². The Morgan fingerprint density at radius 2 is 1.92 bits per heavy atom. The van der Waals surface area contributed by atoms with Crippen LogP contribution < -0.4 is 11.1 Å². The van der Waals surface area contributed by atoms with Gasteiger partial charge in [0.05, 0.1) is 0 Å². The van der Waals surface area contributed by atoms with Crippen molar-refractivity contribution in [1.29, 1.82) is 0 Å². The van der Waals surface area contributed by atoms with Gasteiger partial charge in [-0.05, 0) is 17.9 Å². The summed E-state index contributed by atoms with van der Waals surface area (Å²) in [5.41, 5.74) is 5.93. The molecule has 1 aromatic carbocycles. The van der Waals surface area contributed by atoms with Crippen LogP contribution in [0.3, 0.4) is 0 Å². The first-order valence-corrected chi connectivity index (χ1v) is 9.20. The average Bonchev–Trinajstić information content (AvgIpc) is 2.50. The molecule has 0 aliphatic rings. The van der Waals surface area contributed by atoms with Gasteiger partial charge in [-0.15, -0.1) is 0 Å². The van der Waals surface area contributed by atoms with E-state index in [2.05, 4.69) is 5.32 Å². The molecule has 24 heavy (non-hydrogen) atoms. The molecule has 1 rings (SSSR count). The van der Waals surface area contributed by atoms with Crippen molar-refractivity contribution in [2.24, 2.45) is 11.7 Å². The van der Waals surface area contributed by atoms with Gasteiger partial charge >= 0.3 is 13.7 Å². The number of benzene rings is 1. The molecule has 0 bridgehead atoms. The minimum Gasteiger partial charge on any atom is -0.445 e. The van der Waals surface area contributed by atoms with Crippen molar-refractivity contribution in [2.75, 3.05) is 6.29 Å². The van der Waals surface area contributed by atoms with Crippen LogP contribution in [0.4, 0.5) is 4.79 Å². The van der Waals surface area contributed by atoms with E-state index in [0.29, 0.717) is 0 Å². The number of rotatable bonds is 9. The molecule has 1 aromatic rings. The Morgan fingerprint density at radius 3 is 2.46 bits per heavy atom. The predicted molar refractivity (Wildman–Crippen MR) is 88.0 cm³/mol. The highest BCUT2D eigenvalue weighted by Gasteiger charge is 2.29. The normalized spacial score (nSPS) is 14.7. The molecule has 2 amide bonds. The molecular formula is C15H23N2O6P. The van der Waals surface area contributed by atoms with Crippen molar-refractivity contribution in [3.63, 3.8) is 0 Å². The minimum atomic E-state index is -4.22. The third kappa shape index (κ3) is 8.10. The van der Waals surface area contributed by atoms with Crippen molar-refractivity contribution in [3.8, 4) is 0 Å². The molecule has 0 aliphatic carbocycles. The second-order valence-corrected chi connectivity index (χ2v) is 7.46. The summed E-state index contributed by atoms with van der Waals surface area (Å²) in [4.78, 5) is 32.5. The quantitative estimate of drug-likeness (QED) is 0.579. The summed E-state index contributed by atoms with van der Waals surface area (Å²) in [5.74, 6) is -0.782. The molecule has 9 heteroatoms. The van der Waals surface area contributed by atoms with E-state index in [0.717, 1.165) is 5.56 Å². The number of hydrogen-bond donors (Lipinski definition) is 3. The van der Waals surface area contributed by atoms with Crippen LogP contribution in [0, 0.1) is 5.92 Å². The van der Waals surface area contributed by atoms with Gasteiger partial charge in [-0.2, -0.15) is 0 Å². The number of nitrogens with two attached hydrogens (primary N) is 1. The van der Waals surface area contributed by atoms with Crippen LogP contribution in [0.1, 0.15) is 25.8 Å². The Hall–Kier alpha value is -1.89. The highest BCUT2D eigenvalue weighted by atomic mass is 31.2. The zero-order valence-electron chi connectivity index (χ0n) is 13.7. The van der Waals surface area contributed by atoms with Gasteiger partial charge in [-0.3, -0.25) is 13.9 Å². The van der Waals surface area contributed by atoms with E-state index in [-0.39, 0.29) is 18.9 Å². The number of ether oxygens (including phenoxy) is 1. The van der Waals surface area contributed by atoms with Crippen LogP contribution in [0.2, 0.25) is 0 Å². The van der Waals surface area contributed by atoms with Gasteiger partial charge in [0, 0.05) is 0 Å². The molecule has 8 nitrogen and oxygen atoms in total. The predicted octanol–water partition coefficient (Wildman–Crippen LogP) is 1.97. The zero-order valence-corrected chi connectivity index (χ0v) is 14.6. The largest absolute Gasteiger partial charge is 0.445 e. The summed E-state index contributed by atoms with van der Waals surface area (Å²) in [6, 6.07) is 8.97. The molecule has 0 spiro atoms. The summed E-state index contributed by atoms with van der Waals surface area (Å²) >= 11 is 0. The van der Waals surface area contributed by atoms with Gasteiger partial charge in [0.25, 0.3) is 0 Å². The zero-order chi connectivity index (χ0) is 18.2. The first-order valence-electron chi connectivity index (χ1n) is 7.43. The average molecular weight is 358 g/mol. The Bertz CT molecular complexity index is 593. The minimum absolute atomic E-state index is 0.0283. The van der Waals surface area contributed by atoms with Gasteiger partial charge in [0.2, 0.25) is 5.91 Å². The van der Waals surface area contributed by atoms with Crippen molar-refractivity contribution in [3.05, 3.63) is 35.9 Å². The van der Waals surface area contributed by atoms with E-state index in [4.69, 9.17) is 15.0 Å². The maximum absolute atomic E-state index is 11.9. The molecular weight excluding hydrogens is 335 g/mol. The monoisotopic (exact) mass is 358 g/mol. The van der Waals surface area contributed by atoms with Gasteiger partial charge in [-0.25, -0.2) is 4.79 Å². The lowest BCUT2D eigenvalue weighted by Gasteiger charge is -2.20. The van der Waals surface area contributed by atoms with E-state index in [1.807, 2.05) is 19.9 Å². The fourth-order valence-electron chi connectivity index (χ4n) is 1.81. The maximum atomic E-state index is 11.9. The van der Waals surface area contributed by atoms with Gasteiger partial charge in [-0.1, -0.05) is 44.2 Å². The standard InChI is InChI=1S/C15H23N2O6P/c1-11(2)8-13(14(16)18)23-24(20,21)10-17-15(19)22-9-12-6-4-3-5-7-12/h3-7,11,13H,8-10H2,1-2H3,(H2,16,18)(H,17,19)(H,20,21). The molecule has 0 saturated carbocycles. The lowest BCUT2D eigenvalue weighted by molar-refractivity contribution is -0.125. The number of hydrogen-bond acceptors (Lipinski definition) is 5. The summed E-state index contributed by atoms with van der Waals surface area (Å²) < 4.78 is 21.7.